The molecule has 0 radical (unpaired) electrons. The molecule has 0 aliphatic heterocycles. The Bertz CT molecular complexity index is 5110. The SMILES string of the molecule is Cn1c2ccccc2c2cc(-n3c4ccc(-n5c6ccccc6c6ccc(-c7ccccc7)cc65)cc4c4cc(-n5c6ccccc6c6ccc(C7C=CC=CC7)cc65)ccc43)ccc21.N=C(N=C(N)c1ccccc1)c1ccccc1. The van der Waals surface area contributed by atoms with E-state index >= 15 is 0 Å². The first-order chi connectivity index (χ1) is 40.4. The van der Waals surface area contributed by atoms with Crippen LogP contribution in [0.25, 0.3) is 115 Å². The standard InChI is InChI=1S/C61H42N4.C14H13N3/c1-62-54-21-11-8-20-48(54)51-36-43(26-31-55(51)62)63-58-32-27-44(64-56-22-12-9-18-46(56)49-29-24-41(34-60(49)64)39-14-4-2-5-15-39)37-52(58)53-38-45(28-33-59(53)63)65-57-23-13-10-19-47(57)50-30-25-42(35-61(50)65)40-16-6-3-7-17-40;15-13(11-7-3-1-4-8-11)17-14(16)12-9-5-2-6-10-12/h2-16,18-38,40H,17H2,1H3;1-10H,(H3,15,16,17). The van der Waals surface area contributed by atoms with Crippen molar-refractivity contribution in [1.82, 2.24) is 18.3 Å². The Balaban J connectivity index is 0.000000292. The number of hydrogen-bond donors (Lipinski definition) is 2. The number of nitrogens with one attached hydrogen (secondary N) is 1. The van der Waals surface area contributed by atoms with Crippen molar-refractivity contribution in [1.29, 1.82) is 5.41 Å². The number of allylic oxidation sites excluding steroid dienone is 4. The normalized spacial score (nSPS) is 13.6. The van der Waals surface area contributed by atoms with Gasteiger partial charge in [-0.3, -0.25) is 5.41 Å². The highest BCUT2D eigenvalue weighted by atomic mass is 15.0. The molecular formula is C75H55N7. The lowest BCUT2D eigenvalue weighted by atomic mass is 9.92. The molecule has 0 amide bonds. The Morgan fingerprint density at radius 2 is 0.829 bits per heavy atom. The minimum Gasteiger partial charge on any atom is -0.383 e. The summed E-state index contributed by atoms with van der Waals surface area (Å²) in [5, 5.41) is 17.8. The summed E-state index contributed by atoms with van der Waals surface area (Å²) in [6.45, 7) is 0. The number of rotatable bonds is 7. The van der Waals surface area contributed by atoms with E-state index in [-0.39, 0.29) is 5.84 Å². The summed E-state index contributed by atoms with van der Waals surface area (Å²) < 4.78 is 9.75. The number of hydrogen-bond acceptors (Lipinski definition) is 1. The Labute approximate surface area is 474 Å². The molecular weight excluding hydrogens is 999 g/mol. The van der Waals surface area contributed by atoms with Gasteiger partial charge < -0.3 is 24.0 Å². The molecule has 0 spiro atoms. The van der Waals surface area contributed by atoms with Crippen LogP contribution in [0.2, 0.25) is 0 Å². The number of aromatic nitrogens is 4. The van der Waals surface area contributed by atoms with Gasteiger partial charge in [-0.25, -0.2) is 4.99 Å². The third-order valence-electron chi connectivity index (χ3n) is 16.6. The molecule has 82 heavy (non-hydrogen) atoms. The third-order valence-corrected chi connectivity index (χ3v) is 16.6. The zero-order valence-electron chi connectivity index (χ0n) is 45.2. The lowest BCUT2D eigenvalue weighted by Crippen LogP contribution is -2.15. The van der Waals surface area contributed by atoms with Gasteiger partial charge in [0.15, 0.2) is 5.84 Å². The summed E-state index contributed by atoms with van der Waals surface area (Å²) in [7, 11) is 2.17. The van der Waals surface area contributed by atoms with Crippen molar-refractivity contribution in [2.24, 2.45) is 17.8 Å². The van der Waals surface area contributed by atoms with Crippen LogP contribution >= 0.6 is 0 Å². The second-order valence-corrected chi connectivity index (χ2v) is 21.3. The maximum absolute atomic E-state index is 7.84. The monoisotopic (exact) mass is 1050 g/mol. The van der Waals surface area contributed by atoms with Crippen LogP contribution in [-0.4, -0.2) is 29.9 Å². The second-order valence-electron chi connectivity index (χ2n) is 21.3. The number of benzene rings is 11. The van der Waals surface area contributed by atoms with E-state index in [9.17, 15) is 0 Å². The summed E-state index contributed by atoms with van der Waals surface area (Å²) in [6, 6.07) is 91.2. The lowest BCUT2D eigenvalue weighted by Gasteiger charge is -2.15. The molecule has 1 aliphatic rings. The second kappa shape index (κ2) is 19.9. The van der Waals surface area contributed by atoms with E-state index in [1.165, 1.54) is 104 Å². The molecule has 1 aliphatic carbocycles. The smallest absolute Gasteiger partial charge is 0.154 e. The zero-order chi connectivity index (χ0) is 54.8. The van der Waals surface area contributed by atoms with E-state index in [1.807, 2.05) is 60.7 Å². The lowest BCUT2D eigenvalue weighted by molar-refractivity contribution is 0.855. The van der Waals surface area contributed by atoms with Gasteiger partial charge in [-0.05, 0) is 108 Å². The highest BCUT2D eigenvalue weighted by Gasteiger charge is 2.21. The summed E-state index contributed by atoms with van der Waals surface area (Å²) in [5.74, 6) is 0.893. The van der Waals surface area contributed by atoms with Crippen LogP contribution in [0.5, 0.6) is 0 Å². The number of fused-ring (bicyclic) bond motifs is 12. The van der Waals surface area contributed by atoms with Crippen LogP contribution < -0.4 is 5.73 Å². The van der Waals surface area contributed by atoms with Crippen molar-refractivity contribution < 1.29 is 0 Å². The fraction of sp³-hybridized carbons (Fsp3) is 0.0400. The van der Waals surface area contributed by atoms with Crippen LogP contribution in [0.3, 0.4) is 0 Å². The number of para-hydroxylation sites is 3. The molecule has 4 aromatic heterocycles. The van der Waals surface area contributed by atoms with Gasteiger partial charge in [0.05, 0.1) is 33.1 Å². The zero-order valence-corrected chi connectivity index (χ0v) is 45.2. The van der Waals surface area contributed by atoms with Gasteiger partial charge in [-0.15, -0.1) is 0 Å². The Morgan fingerprint density at radius 1 is 0.390 bits per heavy atom. The van der Waals surface area contributed by atoms with Crippen LogP contribution in [0.15, 0.2) is 284 Å². The van der Waals surface area contributed by atoms with Crippen molar-refractivity contribution in [2.75, 3.05) is 0 Å². The highest BCUT2D eigenvalue weighted by molar-refractivity contribution is 6.16. The van der Waals surface area contributed by atoms with Gasteiger partial charge in [0.2, 0.25) is 0 Å². The van der Waals surface area contributed by atoms with Gasteiger partial charge in [-0.2, -0.15) is 0 Å². The fourth-order valence-electron chi connectivity index (χ4n) is 12.7. The van der Waals surface area contributed by atoms with E-state index in [4.69, 9.17) is 11.1 Å². The van der Waals surface area contributed by atoms with Crippen molar-refractivity contribution >= 4 is 98.9 Å². The predicted octanol–water partition coefficient (Wildman–Crippen LogP) is 18.3. The van der Waals surface area contributed by atoms with Gasteiger partial charge in [0.1, 0.15) is 5.84 Å². The van der Waals surface area contributed by atoms with E-state index in [1.54, 1.807) is 0 Å². The van der Waals surface area contributed by atoms with Crippen molar-refractivity contribution in [3.05, 3.63) is 296 Å². The average molecular weight is 1050 g/mol. The van der Waals surface area contributed by atoms with E-state index in [0.717, 1.165) is 34.6 Å². The maximum Gasteiger partial charge on any atom is 0.154 e. The number of nitrogens with two attached hydrogens (primary N) is 1. The molecule has 1 atom stereocenters. The third kappa shape index (κ3) is 8.12. The van der Waals surface area contributed by atoms with Crippen molar-refractivity contribution in [3.8, 4) is 28.2 Å². The first-order valence-corrected chi connectivity index (χ1v) is 28.0. The Hall–Kier alpha value is -10.8. The molecule has 7 nitrogen and oxygen atoms in total. The molecule has 0 bridgehead atoms. The average Bonchev–Trinajstić information content (AvgIpc) is 3.93. The summed E-state index contributed by atoms with van der Waals surface area (Å²) in [5.41, 5.74) is 24.3. The molecule has 390 valence electrons. The molecule has 3 N–H and O–H groups in total. The van der Waals surface area contributed by atoms with E-state index in [2.05, 4.69) is 249 Å². The number of aliphatic imine (C=N–C) groups is 1. The quantitative estimate of drug-likeness (QED) is 0.121. The molecule has 11 aromatic carbocycles. The Morgan fingerprint density at radius 3 is 1.41 bits per heavy atom. The van der Waals surface area contributed by atoms with Gasteiger partial charge in [0, 0.05) is 95.3 Å². The largest absolute Gasteiger partial charge is 0.383 e. The molecule has 0 saturated heterocycles. The van der Waals surface area contributed by atoms with Crippen LogP contribution in [0, 0.1) is 5.41 Å². The topological polar surface area (TPSA) is 82.0 Å². The predicted molar refractivity (Wildman–Crippen MR) is 345 cm³/mol. The number of aryl methyl sites for hydroxylation is 1. The summed E-state index contributed by atoms with van der Waals surface area (Å²) in [6.07, 6.45) is 9.97. The first-order valence-electron chi connectivity index (χ1n) is 28.0. The van der Waals surface area contributed by atoms with Crippen LogP contribution in [-0.2, 0) is 7.05 Å². The van der Waals surface area contributed by atoms with E-state index < -0.39 is 0 Å². The first kappa shape index (κ1) is 48.4. The maximum atomic E-state index is 7.84. The molecule has 7 heteroatoms. The van der Waals surface area contributed by atoms with Crippen LogP contribution in [0.1, 0.15) is 29.0 Å². The number of amidine groups is 2. The molecule has 4 heterocycles. The molecule has 15 aromatic rings. The van der Waals surface area contributed by atoms with Crippen molar-refractivity contribution in [2.45, 2.75) is 12.3 Å². The molecule has 1 unspecified atom stereocenters. The van der Waals surface area contributed by atoms with E-state index in [0.29, 0.717) is 11.8 Å². The molecule has 0 fully saturated rings. The van der Waals surface area contributed by atoms with Crippen molar-refractivity contribution in [3.63, 3.8) is 0 Å². The highest BCUT2D eigenvalue weighted by Crippen LogP contribution is 2.42. The summed E-state index contributed by atoms with van der Waals surface area (Å²) >= 11 is 0. The fourth-order valence-corrected chi connectivity index (χ4v) is 12.7. The summed E-state index contributed by atoms with van der Waals surface area (Å²) in [4.78, 5) is 4.10. The van der Waals surface area contributed by atoms with Crippen LogP contribution in [0.4, 0.5) is 0 Å². The Kier molecular flexibility index (Phi) is 11.7. The molecule has 16 rings (SSSR count). The van der Waals surface area contributed by atoms with Gasteiger partial charge in [-0.1, -0.05) is 194 Å². The minimum atomic E-state index is 0.173. The number of nitrogens with zero attached hydrogens (tertiary/aromatic N) is 5. The molecule has 0 saturated carbocycles. The minimum absolute atomic E-state index is 0.173. The van der Waals surface area contributed by atoms with Gasteiger partial charge in [0.25, 0.3) is 0 Å². The van der Waals surface area contributed by atoms with Gasteiger partial charge >= 0.3 is 0 Å².